The summed E-state index contributed by atoms with van der Waals surface area (Å²) in [4.78, 5) is 13.7. The SMILES string of the molecule is CCCN1C(=O)C(N)c2cccc(C)c21. The fourth-order valence-electron chi connectivity index (χ4n) is 2.16. The second-order valence-electron chi connectivity index (χ2n) is 3.98. The molecule has 15 heavy (non-hydrogen) atoms. The van der Waals surface area contributed by atoms with Crippen LogP contribution in [0, 0.1) is 6.92 Å². The monoisotopic (exact) mass is 204 g/mol. The summed E-state index contributed by atoms with van der Waals surface area (Å²) in [5.74, 6) is 0.0288. The summed E-state index contributed by atoms with van der Waals surface area (Å²) in [6, 6.07) is 5.45. The summed E-state index contributed by atoms with van der Waals surface area (Å²) in [5.41, 5.74) is 9.01. The molecule has 1 unspecified atom stereocenters. The molecular formula is C12H16N2O. The summed E-state index contributed by atoms with van der Waals surface area (Å²) in [7, 11) is 0. The Labute approximate surface area is 89.9 Å². The topological polar surface area (TPSA) is 46.3 Å². The first-order chi connectivity index (χ1) is 7.16. The number of para-hydroxylation sites is 1. The molecular weight excluding hydrogens is 188 g/mol. The van der Waals surface area contributed by atoms with Crippen molar-refractivity contribution in [1.29, 1.82) is 0 Å². The Bertz CT molecular complexity index is 401. The van der Waals surface area contributed by atoms with Crippen molar-refractivity contribution in [3.8, 4) is 0 Å². The molecule has 1 atom stereocenters. The average Bonchev–Trinajstić information content (AvgIpc) is 2.46. The molecule has 1 aromatic carbocycles. The van der Waals surface area contributed by atoms with Crippen molar-refractivity contribution >= 4 is 11.6 Å². The Morgan fingerprint density at radius 2 is 2.20 bits per heavy atom. The number of nitrogens with two attached hydrogens (primary N) is 1. The molecule has 1 amide bonds. The zero-order chi connectivity index (χ0) is 11.0. The minimum absolute atomic E-state index is 0.0288. The van der Waals surface area contributed by atoms with E-state index in [2.05, 4.69) is 6.92 Å². The fraction of sp³-hybridized carbons (Fsp3) is 0.417. The van der Waals surface area contributed by atoms with Crippen LogP contribution in [-0.4, -0.2) is 12.5 Å². The lowest BCUT2D eigenvalue weighted by Gasteiger charge is -2.18. The lowest BCUT2D eigenvalue weighted by atomic mass is 10.1. The zero-order valence-corrected chi connectivity index (χ0v) is 9.16. The molecule has 1 aromatic rings. The smallest absolute Gasteiger partial charge is 0.248 e. The Kier molecular flexibility index (Phi) is 2.49. The lowest BCUT2D eigenvalue weighted by molar-refractivity contribution is -0.119. The van der Waals surface area contributed by atoms with Gasteiger partial charge in [0.1, 0.15) is 6.04 Å². The van der Waals surface area contributed by atoms with Crippen molar-refractivity contribution < 1.29 is 4.79 Å². The number of amides is 1. The summed E-state index contributed by atoms with van der Waals surface area (Å²) < 4.78 is 0. The van der Waals surface area contributed by atoms with Gasteiger partial charge in [-0.2, -0.15) is 0 Å². The Morgan fingerprint density at radius 3 is 2.87 bits per heavy atom. The summed E-state index contributed by atoms with van der Waals surface area (Å²) in [6.45, 7) is 4.84. The van der Waals surface area contributed by atoms with E-state index < -0.39 is 6.04 Å². The van der Waals surface area contributed by atoms with Crippen molar-refractivity contribution in [2.75, 3.05) is 11.4 Å². The number of aryl methyl sites for hydroxylation is 1. The van der Waals surface area contributed by atoms with E-state index in [0.717, 1.165) is 29.8 Å². The highest BCUT2D eigenvalue weighted by Crippen LogP contribution is 2.36. The van der Waals surface area contributed by atoms with Gasteiger partial charge in [-0.1, -0.05) is 25.1 Å². The van der Waals surface area contributed by atoms with Crippen molar-refractivity contribution in [2.45, 2.75) is 26.3 Å². The first kappa shape index (κ1) is 10.2. The molecule has 0 bridgehead atoms. The average molecular weight is 204 g/mol. The van der Waals surface area contributed by atoms with Gasteiger partial charge in [-0.05, 0) is 18.9 Å². The lowest BCUT2D eigenvalue weighted by Crippen LogP contribution is -2.32. The molecule has 2 N–H and O–H groups in total. The van der Waals surface area contributed by atoms with Gasteiger partial charge in [-0.3, -0.25) is 4.79 Å². The van der Waals surface area contributed by atoms with Gasteiger partial charge in [0.05, 0.1) is 5.69 Å². The van der Waals surface area contributed by atoms with Gasteiger partial charge in [-0.25, -0.2) is 0 Å². The van der Waals surface area contributed by atoms with E-state index in [0.29, 0.717) is 0 Å². The van der Waals surface area contributed by atoms with Crippen LogP contribution in [0.4, 0.5) is 5.69 Å². The molecule has 0 saturated carbocycles. The second kappa shape index (κ2) is 3.66. The van der Waals surface area contributed by atoms with Crippen LogP contribution in [0.5, 0.6) is 0 Å². The largest absolute Gasteiger partial charge is 0.316 e. The van der Waals surface area contributed by atoms with Crippen LogP contribution in [0.3, 0.4) is 0 Å². The van der Waals surface area contributed by atoms with Crippen molar-refractivity contribution in [3.63, 3.8) is 0 Å². The first-order valence-electron chi connectivity index (χ1n) is 5.33. The van der Waals surface area contributed by atoms with Gasteiger partial charge in [0.2, 0.25) is 5.91 Å². The molecule has 0 fully saturated rings. The quantitative estimate of drug-likeness (QED) is 0.797. The number of hydrogen-bond acceptors (Lipinski definition) is 2. The van der Waals surface area contributed by atoms with Gasteiger partial charge in [-0.15, -0.1) is 0 Å². The van der Waals surface area contributed by atoms with Gasteiger partial charge in [0, 0.05) is 12.1 Å². The van der Waals surface area contributed by atoms with E-state index in [1.54, 1.807) is 0 Å². The number of benzene rings is 1. The number of rotatable bonds is 2. The van der Waals surface area contributed by atoms with Crippen molar-refractivity contribution in [2.24, 2.45) is 5.73 Å². The van der Waals surface area contributed by atoms with Gasteiger partial charge in [0.15, 0.2) is 0 Å². The van der Waals surface area contributed by atoms with Crippen LogP contribution in [0.25, 0.3) is 0 Å². The normalized spacial score (nSPS) is 19.5. The number of hydrogen-bond donors (Lipinski definition) is 1. The molecule has 3 nitrogen and oxygen atoms in total. The van der Waals surface area contributed by atoms with Gasteiger partial charge in [0.25, 0.3) is 0 Å². The van der Waals surface area contributed by atoms with Crippen LogP contribution in [0.2, 0.25) is 0 Å². The molecule has 0 aliphatic carbocycles. The van der Waals surface area contributed by atoms with Crippen LogP contribution < -0.4 is 10.6 Å². The van der Waals surface area contributed by atoms with E-state index in [1.807, 2.05) is 30.0 Å². The molecule has 1 aliphatic rings. The molecule has 0 aromatic heterocycles. The molecule has 80 valence electrons. The van der Waals surface area contributed by atoms with E-state index in [4.69, 9.17) is 5.73 Å². The number of carbonyl (C=O) groups is 1. The van der Waals surface area contributed by atoms with Crippen molar-refractivity contribution in [3.05, 3.63) is 29.3 Å². The maximum Gasteiger partial charge on any atom is 0.248 e. The number of anilines is 1. The molecule has 2 rings (SSSR count). The second-order valence-corrected chi connectivity index (χ2v) is 3.98. The standard InChI is InChI=1S/C12H16N2O/c1-3-7-14-11-8(2)5-4-6-9(11)10(13)12(14)15/h4-6,10H,3,7,13H2,1-2H3. The Hall–Kier alpha value is -1.35. The third kappa shape index (κ3) is 1.43. The Balaban J connectivity index is 2.51. The molecule has 1 heterocycles. The van der Waals surface area contributed by atoms with Crippen LogP contribution in [0.1, 0.15) is 30.5 Å². The number of fused-ring (bicyclic) bond motifs is 1. The highest BCUT2D eigenvalue weighted by molar-refractivity contribution is 6.05. The first-order valence-corrected chi connectivity index (χ1v) is 5.33. The van der Waals surface area contributed by atoms with E-state index in [1.165, 1.54) is 0 Å². The highest BCUT2D eigenvalue weighted by Gasteiger charge is 2.34. The maximum absolute atomic E-state index is 11.9. The minimum atomic E-state index is -0.466. The van der Waals surface area contributed by atoms with Crippen molar-refractivity contribution in [1.82, 2.24) is 0 Å². The van der Waals surface area contributed by atoms with Gasteiger partial charge >= 0.3 is 0 Å². The van der Waals surface area contributed by atoms with E-state index >= 15 is 0 Å². The predicted octanol–water partition coefficient (Wildman–Crippen LogP) is 1.75. The third-order valence-electron chi connectivity index (χ3n) is 2.85. The number of nitrogens with zero attached hydrogens (tertiary/aromatic N) is 1. The Morgan fingerprint density at radius 1 is 1.47 bits per heavy atom. The molecule has 1 aliphatic heterocycles. The molecule has 3 heteroatoms. The molecule has 0 spiro atoms. The fourth-order valence-corrected chi connectivity index (χ4v) is 2.16. The van der Waals surface area contributed by atoms with E-state index in [-0.39, 0.29) is 5.91 Å². The third-order valence-corrected chi connectivity index (χ3v) is 2.85. The summed E-state index contributed by atoms with van der Waals surface area (Å²) in [5, 5.41) is 0. The minimum Gasteiger partial charge on any atom is -0.316 e. The predicted molar refractivity (Wildman–Crippen MR) is 60.8 cm³/mol. The van der Waals surface area contributed by atoms with Crippen LogP contribution in [0.15, 0.2) is 18.2 Å². The number of carbonyl (C=O) groups excluding carboxylic acids is 1. The maximum atomic E-state index is 11.9. The zero-order valence-electron chi connectivity index (χ0n) is 9.16. The van der Waals surface area contributed by atoms with Gasteiger partial charge < -0.3 is 10.6 Å². The molecule has 0 radical (unpaired) electrons. The molecule has 0 saturated heterocycles. The van der Waals surface area contributed by atoms with Crippen LogP contribution in [-0.2, 0) is 4.79 Å². The van der Waals surface area contributed by atoms with E-state index in [9.17, 15) is 4.79 Å². The summed E-state index contributed by atoms with van der Waals surface area (Å²) in [6.07, 6.45) is 0.951. The highest BCUT2D eigenvalue weighted by atomic mass is 16.2. The summed E-state index contributed by atoms with van der Waals surface area (Å²) >= 11 is 0. The van der Waals surface area contributed by atoms with Crippen LogP contribution >= 0.6 is 0 Å².